The largest absolute Gasteiger partial charge is 0.480 e. The highest BCUT2D eigenvalue weighted by molar-refractivity contribution is 5.83. The highest BCUT2D eigenvalue weighted by atomic mass is 16.4. The zero-order valence-corrected chi connectivity index (χ0v) is 11.1. The van der Waals surface area contributed by atoms with E-state index in [4.69, 9.17) is 5.11 Å². The molecule has 0 aromatic carbocycles. The second kappa shape index (κ2) is 5.56. The summed E-state index contributed by atoms with van der Waals surface area (Å²) >= 11 is 0. The molecule has 1 heterocycles. The number of hydrogen-bond donors (Lipinski definition) is 3. The van der Waals surface area contributed by atoms with Crippen molar-refractivity contribution in [3.63, 3.8) is 0 Å². The van der Waals surface area contributed by atoms with E-state index in [-0.39, 0.29) is 12.5 Å². The minimum absolute atomic E-state index is 0.130. The van der Waals surface area contributed by atoms with Gasteiger partial charge in [-0.1, -0.05) is 20.3 Å². The Morgan fingerprint density at radius 2 is 2.11 bits per heavy atom. The summed E-state index contributed by atoms with van der Waals surface area (Å²) < 4.78 is 0. The van der Waals surface area contributed by atoms with Crippen LogP contribution in [0.2, 0.25) is 0 Å². The molecule has 1 aliphatic heterocycles. The minimum atomic E-state index is -1.02. The zero-order chi connectivity index (χ0) is 13.9. The van der Waals surface area contributed by atoms with Crippen LogP contribution in [0.5, 0.6) is 0 Å². The van der Waals surface area contributed by atoms with Crippen molar-refractivity contribution >= 4 is 12.0 Å². The molecule has 3 N–H and O–H groups in total. The van der Waals surface area contributed by atoms with Gasteiger partial charge in [0.25, 0.3) is 0 Å². The maximum atomic E-state index is 11.9. The second-order valence-corrected chi connectivity index (χ2v) is 5.32. The highest BCUT2D eigenvalue weighted by Crippen LogP contribution is 2.20. The summed E-state index contributed by atoms with van der Waals surface area (Å²) in [5, 5.41) is 21.4. The van der Waals surface area contributed by atoms with Crippen molar-refractivity contribution in [3.8, 4) is 0 Å². The van der Waals surface area contributed by atoms with E-state index in [9.17, 15) is 14.7 Å². The number of aliphatic carboxylic acids is 1. The second-order valence-electron chi connectivity index (χ2n) is 5.32. The third-order valence-electron chi connectivity index (χ3n) is 3.50. The van der Waals surface area contributed by atoms with E-state index in [1.54, 1.807) is 13.8 Å². The standard InChI is InChI=1S/C12H22N2O4/c1-4-8(2)9(10(15)16)13-11(17)14-6-5-12(3,18)7-14/h8-9,18H,4-7H2,1-3H3,(H,13,17)(H,15,16). The lowest BCUT2D eigenvalue weighted by Gasteiger charge is -2.24. The molecule has 1 fully saturated rings. The number of carbonyl (C=O) groups excluding carboxylic acids is 1. The van der Waals surface area contributed by atoms with E-state index in [0.717, 1.165) is 0 Å². The van der Waals surface area contributed by atoms with Crippen LogP contribution in [0, 0.1) is 5.92 Å². The normalized spacial score (nSPS) is 26.8. The summed E-state index contributed by atoms with van der Waals surface area (Å²) in [5.74, 6) is -1.15. The van der Waals surface area contributed by atoms with Crippen LogP contribution in [0.15, 0.2) is 0 Å². The Morgan fingerprint density at radius 1 is 1.50 bits per heavy atom. The first-order valence-electron chi connectivity index (χ1n) is 6.27. The first-order chi connectivity index (χ1) is 8.26. The molecule has 0 aromatic rings. The molecule has 1 rings (SSSR count). The predicted octanol–water partition coefficient (Wildman–Crippen LogP) is 0.652. The summed E-state index contributed by atoms with van der Waals surface area (Å²) in [6, 6.07) is -1.30. The van der Waals surface area contributed by atoms with Crippen LogP contribution < -0.4 is 5.32 Å². The molecule has 0 aliphatic carbocycles. The van der Waals surface area contributed by atoms with Gasteiger partial charge >= 0.3 is 12.0 Å². The zero-order valence-electron chi connectivity index (χ0n) is 11.1. The Hall–Kier alpha value is -1.30. The number of β-amino-alcohol motifs (C(OH)–C–C–N with tert-alkyl or cyclic N) is 1. The summed E-state index contributed by atoms with van der Waals surface area (Å²) in [5.41, 5.74) is -0.869. The summed E-state index contributed by atoms with van der Waals surface area (Å²) in [6.45, 7) is 6.04. The molecule has 0 aromatic heterocycles. The molecule has 3 atom stereocenters. The van der Waals surface area contributed by atoms with Gasteiger partial charge in [0.1, 0.15) is 6.04 Å². The molecule has 1 aliphatic rings. The molecule has 0 bridgehead atoms. The summed E-state index contributed by atoms with van der Waals surface area (Å²) in [6.07, 6.45) is 1.19. The molecule has 6 heteroatoms. The van der Waals surface area contributed by atoms with Gasteiger partial charge < -0.3 is 20.4 Å². The lowest BCUT2D eigenvalue weighted by molar-refractivity contribution is -0.140. The minimum Gasteiger partial charge on any atom is -0.480 e. The molecule has 0 radical (unpaired) electrons. The quantitative estimate of drug-likeness (QED) is 0.690. The third-order valence-corrected chi connectivity index (χ3v) is 3.50. The molecule has 104 valence electrons. The van der Waals surface area contributed by atoms with Crippen LogP contribution in [-0.2, 0) is 4.79 Å². The van der Waals surface area contributed by atoms with Crippen LogP contribution in [0.4, 0.5) is 4.79 Å². The van der Waals surface area contributed by atoms with Crippen molar-refractivity contribution in [2.45, 2.75) is 45.3 Å². The number of carboxylic acid groups (broad SMARTS) is 1. The molecular formula is C12H22N2O4. The van der Waals surface area contributed by atoms with Crippen LogP contribution in [0.1, 0.15) is 33.6 Å². The number of amides is 2. The van der Waals surface area contributed by atoms with Crippen LogP contribution in [0.25, 0.3) is 0 Å². The smallest absolute Gasteiger partial charge is 0.326 e. The van der Waals surface area contributed by atoms with Crippen molar-refractivity contribution < 1.29 is 19.8 Å². The number of nitrogens with one attached hydrogen (secondary N) is 1. The van der Waals surface area contributed by atoms with Crippen molar-refractivity contribution in [2.24, 2.45) is 5.92 Å². The maximum Gasteiger partial charge on any atom is 0.326 e. The molecule has 2 amide bonds. The van der Waals surface area contributed by atoms with E-state index < -0.39 is 23.6 Å². The maximum absolute atomic E-state index is 11.9. The number of aliphatic hydroxyl groups is 1. The van der Waals surface area contributed by atoms with Crippen LogP contribution in [0.3, 0.4) is 0 Å². The summed E-state index contributed by atoms with van der Waals surface area (Å²) in [4.78, 5) is 24.5. The Kier molecular flexibility index (Phi) is 4.56. The first kappa shape index (κ1) is 14.8. The number of nitrogens with zero attached hydrogens (tertiary/aromatic N) is 1. The van der Waals surface area contributed by atoms with Gasteiger partial charge in [-0.2, -0.15) is 0 Å². The lowest BCUT2D eigenvalue weighted by atomic mass is 9.99. The fraction of sp³-hybridized carbons (Fsp3) is 0.833. The van der Waals surface area contributed by atoms with Gasteiger partial charge in [0.2, 0.25) is 0 Å². The summed E-state index contributed by atoms with van der Waals surface area (Å²) in [7, 11) is 0. The number of likely N-dealkylation sites (tertiary alicyclic amines) is 1. The van der Waals surface area contributed by atoms with Gasteiger partial charge in [-0.25, -0.2) is 9.59 Å². The van der Waals surface area contributed by atoms with Crippen LogP contribution in [-0.4, -0.2) is 51.8 Å². The third kappa shape index (κ3) is 3.60. The predicted molar refractivity (Wildman–Crippen MR) is 66.2 cm³/mol. The van der Waals surface area contributed by atoms with Crippen molar-refractivity contribution in [1.29, 1.82) is 0 Å². The van der Waals surface area contributed by atoms with E-state index in [0.29, 0.717) is 19.4 Å². The van der Waals surface area contributed by atoms with Gasteiger partial charge in [0, 0.05) is 6.54 Å². The molecule has 0 saturated carbocycles. The van der Waals surface area contributed by atoms with Gasteiger partial charge in [0.15, 0.2) is 0 Å². The van der Waals surface area contributed by atoms with Crippen LogP contribution >= 0.6 is 0 Å². The number of carboxylic acids is 1. The molecule has 1 saturated heterocycles. The van der Waals surface area contributed by atoms with E-state index in [2.05, 4.69) is 5.32 Å². The Morgan fingerprint density at radius 3 is 2.50 bits per heavy atom. The number of rotatable bonds is 4. The molecule has 0 spiro atoms. The van der Waals surface area contributed by atoms with Gasteiger partial charge in [-0.3, -0.25) is 0 Å². The Labute approximate surface area is 107 Å². The SMILES string of the molecule is CCC(C)C(NC(=O)N1CCC(C)(O)C1)C(=O)O. The lowest BCUT2D eigenvalue weighted by Crippen LogP contribution is -2.50. The van der Waals surface area contributed by atoms with Gasteiger partial charge in [0.05, 0.1) is 12.1 Å². The fourth-order valence-electron chi connectivity index (χ4n) is 2.03. The van der Waals surface area contributed by atoms with Gasteiger partial charge in [-0.05, 0) is 19.3 Å². The van der Waals surface area contributed by atoms with Crippen molar-refractivity contribution in [1.82, 2.24) is 10.2 Å². The van der Waals surface area contributed by atoms with E-state index >= 15 is 0 Å². The van der Waals surface area contributed by atoms with Gasteiger partial charge in [-0.15, -0.1) is 0 Å². The number of carbonyl (C=O) groups is 2. The molecule has 18 heavy (non-hydrogen) atoms. The molecule has 3 unspecified atom stereocenters. The monoisotopic (exact) mass is 258 g/mol. The highest BCUT2D eigenvalue weighted by Gasteiger charge is 2.35. The molecular weight excluding hydrogens is 236 g/mol. The first-order valence-corrected chi connectivity index (χ1v) is 6.27. The topological polar surface area (TPSA) is 89.9 Å². The van der Waals surface area contributed by atoms with E-state index in [1.165, 1.54) is 4.90 Å². The van der Waals surface area contributed by atoms with E-state index in [1.807, 2.05) is 6.92 Å². The molecule has 6 nitrogen and oxygen atoms in total. The Bertz CT molecular complexity index is 330. The average Bonchev–Trinajstić information content (AvgIpc) is 2.64. The fourth-order valence-corrected chi connectivity index (χ4v) is 2.03. The number of hydrogen-bond acceptors (Lipinski definition) is 3. The number of urea groups is 1. The average molecular weight is 258 g/mol. The van der Waals surface area contributed by atoms with Crippen molar-refractivity contribution in [3.05, 3.63) is 0 Å². The van der Waals surface area contributed by atoms with Crippen molar-refractivity contribution in [2.75, 3.05) is 13.1 Å². The Balaban J connectivity index is 2.60.